The monoisotopic (exact) mass is 363 g/mol. The zero-order chi connectivity index (χ0) is 17.6. The van der Waals surface area contributed by atoms with Crippen molar-refractivity contribution in [2.24, 2.45) is 0 Å². The van der Waals surface area contributed by atoms with E-state index in [1.165, 1.54) is 18.9 Å². The molecule has 0 atom stereocenters. The largest absolute Gasteiger partial charge is 0.477 e. The summed E-state index contributed by atoms with van der Waals surface area (Å²) in [6.45, 7) is 3.83. The molecule has 8 heteroatoms. The summed E-state index contributed by atoms with van der Waals surface area (Å²) in [5.74, 6) is 0.705. The number of carboxylic acids is 1. The second-order valence-corrected chi connectivity index (χ2v) is 6.80. The minimum Gasteiger partial charge on any atom is -0.477 e. The van der Waals surface area contributed by atoms with Crippen molar-refractivity contribution in [3.05, 3.63) is 28.7 Å². The Morgan fingerprint density at radius 2 is 2.00 bits per heavy atom. The van der Waals surface area contributed by atoms with Crippen molar-refractivity contribution in [3.63, 3.8) is 0 Å². The van der Waals surface area contributed by atoms with E-state index in [0.717, 1.165) is 43.6 Å². The number of furan rings is 1. The first-order chi connectivity index (χ1) is 12.2. The average Bonchev–Trinajstić information content (AvgIpc) is 3.17. The van der Waals surface area contributed by atoms with Crippen LogP contribution < -0.4 is 4.90 Å². The van der Waals surface area contributed by atoms with Crippen LogP contribution in [0.4, 0.5) is 5.88 Å². The minimum atomic E-state index is -1.06. The number of rotatable bonds is 6. The first kappa shape index (κ1) is 17.6. The number of nitrogens with zero attached hydrogens (tertiary/aromatic N) is 3. The summed E-state index contributed by atoms with van der Waals surface area (Å²) in [5.41, 5.74) is 0. The van der Waals surface area contributed by atoms with Gasteiger partial charge in [-0.25, -0.2) is 4.79 Å². The summed E-state index contributed by atoms with van der Waals surface area (Å²) in [5, 5.41) is 17.3. The Hall–Kier alpha value is -2.22. The number of hydrogen-bond acceptors (Lipinski definition) is 7. The fraction of sp³-hybridized carbons (Fsp3) is 0.471. The SMILES string of the molecule is CCc1nnc(S/C(=C/c2ccc(N3CCCCCC3)o2)C(=O)O)o1. The van der Waals surface area contributed by atoms with Crippen molar-refractivity contribution in [3.8, 4) is 0 Å². The molecule has 0 spiro atoms. The summed E-state index contributed by atoms with van der Waals surface area (Å²) in [6.07, 6.45) is 6.89. The van der Waals surface area contributed by atoms with E-state index in [-0.39, 0.29) is 10.1 Å². The topological polar surface area (TPSA) is 92.6 Å². The molecule has 7 nitrogen and oxygen atoms in total. The van der Waals surface area contributed by atoms with E-state index in [4.69, 9.17) is 8.83 Å². The van der Waals surface area contributed by atoms with Gasteiger partial charge in [0.05, 0.1) is 0 Å². The van der Waals surface area contributed by atoms with Gasteiger partial charge in [-0.1, -0.05) is 19.8 Å². The van der Waals surface area contributed by atoms with E-state index < -0.39 is 5.97 Å². The van der Waals surface area contributed by atoms with Crippen molar-refractivity contribution in [1.82, 2.24) is 10.2 Å². The molecule has 2 aromatic rings. The second kappa shape index (κ2) is 8.24. The lowest BCUT2D eigenvalue weighted by Gasteiger charge is -2.18. The Morgan fingerprint density at radius 3 is 2.64 bits per heavy atom. The molecule has 0 amide bonds. The third-order valence-corrected chi connectivity index (χ3v) is 4.81. The molecule has 134 valence electrons. The smallest absolute Gasteiger partial charge is 0.342 e. The maximum atomic E-state index is 11.5. The van der Waals surface area contributed by atoms with Gasteiger partial charge < -0.3 is 18.8 Å². The number of thioether (sulfide) groups is 1. The van der Waals surface area contributed by atoms with Gasteiger partial charge in [0.2, 0.25) is 5.89 Å². The molecule has 1 saturated heterocycles. The van der Waals surface area contributed by atoms with Gasteiger partial charge in [-0.15, -0.1) is 10.2 Å². The molecule has 1 N–H and O–H groups in total. The highest BCUT2D eigenvalue weighted by Gasteiger charge is 2.17. The van der Waals surface area contributed by atoms with Crippen molar-refractivity contribution >= 4 is 29.7 Å². The van der Waals surface area contributed by atoms with Gasteiger partial charge >= 0.3 is 5.97 Å². The van der Waals surface area contributed by atoms with Gasteiger partial charge in [0.15, 0.2) is 5.88 Å². The highest BCUT2D eigenvalue weighted by Crippen LogP contribution is 2.29. The lowest BCUT2D eigenvalue weighted by Crippen LogP contribution is -2.23. The van der Waals surface area contributed by atoms with Crippen LogP contribution in [0.5, 0.6) is 0 Å². The van der Waals surface area contributed by atoms with E-state index in [2.05, 4.69) is 15.1 Å². The number of aryl methyl sites for hydroxylation is 1. The highest BCUT2D eigenvalue weighted by molar-refractivity contribution is 8.03. The molecule has 1 aliphatic rings. The summed E-state index contributed by atoms with van der Waals surface area (Å²) in [7, 11) is 0. The van der Waals surface area contributed by atoms with E-state index in [1.54, 1.807) is 6.07 Å². The number of hydrogen-bond donors (Lipinski definition) is 1. The van der Waals surface area contributed by atoms with Gasteiger partial charge in [0.25, 0.3) is 5.22 Å². The Labute approximate surface area is 150 Å². The van der Waals surface area contributed by atoms with Crippen LogP contribution in [0.25, 0.3) is 6.08 Å². The van der Waals surface area contributed by atoms with Gasteiger partial charge in [-0.05, 0) is 30.7 Å². The molecule has 0 bridgehead atoms. The normalized spacial score (nSPS) is 16.0. The minimum absolute atomic E-state index is 0.0723. The molecule has 1 aliphatic heterocycles. The van der Waals surface area contributed by atoms with Crippen molar-refractivity contribution in [2.75, 3.05) is 18.0 Å². The molecule has 0 unspecified atom stereocenters. The molecule has 1 fully saturated rings. The molecule has 2 aromatic heterocycles. The van der Waals surface area contributed by atoms with Crippen molar-refractivity contribution in [1.29, 1.82) is 0 Å². The van der Waals surface area contributed by atoms with Gasteiger partial charge in [0.1, 0.15) is 10.7 Å². The third kappa shape index (κ3) is 4.66. The fourth-order valence-electron chi connectivity index (χ4n) is 2.66. The van der Waals surface area contributed by atoms with E-state index in [9.17, 15) is 9.90 Å². The van der Waals surface area contributed by atoms with Gasteiger partial charge in [-0.2, -0.15) is 0 Å². The van der Waals surface area contributed by atoms with Crippen LogP contribution in [-0.2, 0) is 11.2 Å². The van der Waals surface area contributed by atoms with Crippen LogP contribution in [0.3, 0.4) is 0 Å². The lowest BCUT2D eigenvalue weighted by molar-refractivity contribution is -0.131. The number of aromatic nitrogens is 2. The number of anilines is 1. The zero-order valence-electron chi connectivity index (χ0n) is 14.1. The highest BCUT2D eigenvalue weighted by atomic mass is 32.2. The first-order valence-corrected chi connectivity index (χ1v) is 9.27. The van der Waals surface area contributed by atoms with Gasteiger partial charge in [0, 0.05) is 31.7 Å². The Bertz CT molecular complexity index is 745. The molecule has 0 radical (unpaired) electrons. The van der Waals surface area contributed by atoms with Crippen molar-refractivity contribution in [2.45, 2.75) is 44.3 Å². The molecule has 0 aliphatic carbocycles. The standard InChI is InChI=1S/C17H21N3O4S/c1-2-14-18-19-17(24-14)25-13(16(21)22)11-12-7-8-15(23-12)20-9-5-3-4-6-10-20/h7-8,11H,2-6,9-10H2,1H3,(H,21,22)/b13-11+. The number of carbonyl (C=O) groups is 1. The van der Waals surface area contributed by atoms with Gasteiger partial charge in [-0.3, -0.25) is 0 Å². The van der Waals surface area contributed by atoms with E-state index in [1.807, 2.05) is 13.0 Å². The number of aliphatic carboxylic acids is 1. The maximum absolute atomic E-state index is 11.5. The summed E-state index contributed by atoms with van der Waals surface area (Å²) in [4.78, 5) is 13.8. The van der Waals surface area contributed by atoms with Crippen LogP contribution in [-0.4, -0.2) is 34.4 Å². The predicted molar refractivity (Wildman–Crippen MR) is 94.5 cm³/mol. The van der Waals surface area contributed by atoms with Crippen LogP contribution in [0, 0.1) is 0 Å². The van der Waals surface area contributed by atoms with E-state index >= 15 is 0 Å². The van der Waals surface area contributed by atoms with E-state index in [0.29, 0.717) is 18.1 Å². The third-order valence-electron chi connectivity index (χ3n) is 3.96. The Morgan fingerprint density at radius 1 is 1.24 bits per heavy atom. The van der Waals surface area contributed by atoms with Crippen LogP contribution in [0.15, 0.2) is 31.1 Å². The number of carboxylic acid groups (broad SMARTS) is 1. The molecule has 0 saturated carbocycles. The zero-order valence-corrected chi connectivity index (χ0v) is 14.9. The lowest BCUT2D eigenvalue weighted by atomic mass is 10.2. The summed E-state index contributed by atoms with van der Waals surface area (Å²) >= 11 is 0.924. The van der Waals surface area contributed by atoms with Crippen molar-refractivity contribution < 1.29 is 18.7 Å². The molecule has 3 rings (SSSR count). The summed E-state index contributed by atoms with van der Waals surface area (Å²) < 4.78 is 11.2. The van der Waals surface area contributed by atoms with Crippen LogP contribution >= 0.6 is 11.8 Å². The molecular formula is C17H21N3O4S. The molecule has 3 heterocycles. The summed E-state index contributed by atoms with van der Waals surface area (Å²) in [6, 6.07) is 3.68. The predicted octanol–water partition coefficient (Wildman–Crippen LogP) is 3.82. The molecule has 25 heavy (non-hydrogen) atoms. The van der Waals surface area contributed by atoms with Crippen LogP contribution in [0.2, 0.25) is 0 Å². The maximum Gasteiger partial charge on any atom is 0.342 e. The average molecular weight is 363 g/mol. The van der Waals surface area contributed by atoms with Crippen LogP contribution in [0.1, 0.15) is 44.3 Å². The quantitative estimate of drug-likeness (QED) is 0.611. The Balaban J connectivity index is 1.75. The fourth-order valence-corrected chi connectivity index (χ4v) is 3.33. The molecule has 0 aromatic carbocycles. The second-order valence-electron chi connectivity index (χ2n) is 5.81. The first-order valence-electron chi connectivity index (χ1n) is 8.45. The molecular weight excluding hydrogens is 342 g/mol. The Kier molecular flexibility index (Phi) is 5.80.